The molecule has 0 unspecified atom stereocenters. The Balaban J connectivity index is 1.56. The number of para-hydroxylation sites is 1. The number of aromatic amines is 1. The highest BCUT2D eigenvalue weighted by molar-refractivity contribution is 5.81. The Morgan fingerprint density at radius 2 is 2.22 bits per heavy atom. The molecule has 0 fully saturated rings. The Kier molecular flexibility index (Phi) is 3.22. The number of rotatable bonds is 4. The largest absolute Gasteiger partial charge is 0.477 e. The van der Waals surface area contributed by atoms with Gasteiger partial charge < -0.3 is 14.6 Å². The lowest BCUT2D eigenvalue weighted by Gasteiger charge is -2.22. The molecular formula is C15H18N2O. The molecule has 3 rings (SSSR count). The third kappa shape index (κ3) is 2.50. The Labute approximate surface area is 107 Å². The number of nitrogens with one attached hydrogen (secondary N) is 1. The molecule has 0 atom stereocenters. The van der Waals surface area contributed by atoms with Gasteiger partial charge in [-0.15, -0.1) is 0 Å². The van der Waals surface area contributed by atoms with Gasteiger partial charge in [-0.05, 0) is 25.1 Å². The van der Waals surface area contributed by atoms with E-state index >= 15 is 0 Å². The molecule has 0 bridgehead atoms. The molecule has 1 aromatic carbocycles. The number of hydrogen-bond acceptors (Lipinski definition) is 2. The maximum atomic E-state index is 5.76. The number of ether oxygens (including phenoxy) is 1. The maximum absolute atomic E-state index is 5.76. The van der Waals surface area contributed by atoms with Gasteiger partial charge in [0.25, 0.3) is 0 Å². The summed E-state index contributed by atoms with van der Waals surface area (Å²) in [6, 6.07) is 10.3. The van der Waals surface area contributed by atoms with Crippen molar-refractivity contribution < 1.29 is 4.74 Å². The van der Waals surface area contributed by atoms with E-state index in [0.29, 0.717) is 0 Å². The van der Waals surface area contributed by atoms with Crippen LogP contribution in [0.1, 0.15) is 12.8 Å². The quantitative estimate of drug-likeness (QED) is 0.892. The molecule has 94 valence electrons. The van der Waals surface area contributed by atoms with Gasteiger partial charge in [0.1, 0.15) is 6.61 Å². The van der Waals surface area contributed by atoms with Crippen molar-refractivity contribution in [2.75, 3.05) is 19.7 Å². The number of fused-ring (bicyclic) bond motifs is 1. The van der Waals surface area contributed by atoms with Crippen LogP contribution in [0.3, 0.4) is 0 Å². The molecular weight excluding hydrogens is 224 g/mol. The topological polar surface area (TPSA) is 28.3 Å². The van der Waals surface area contributed by atoms with Gasteiger partial charge in [-0.1, -0.05) is 24.3 Å². The summed E-state index contributed by atoms with van der Waals surface area (Å²) in [6.07, 6.45) is 6.87. The fourth-order valence-electron chi connectivity index (χ4n) is 2.29. The second-order valence-electron chi connectivity index (χ2n) is 4.63. The van der Waals surface area contributed by atoms with Crippen molar-refractivity contribution in [3.05, 3.63) is 42.6 Å². The molecule has 0 amide bonds. The lowest BCUT2D eigenvalue weighted by molar-refractivity contribution is 0.243. The number of allylic oxidation sites excluding steroid dienone is 1. The zero-order valence-electron chi connectivity index (χ0n) is 10.4. The van der Waals surface area contributed by atoms with E-state index in [1.165, 1.54) is 18.2 Å². The molecule has 2 aromatic rings. The van der Waals surface area contributed by atoms with Gasteiger partial charge in [-0.2, -0.15) is 0 Å². The van der Waals surface area contributed by atoms with E-state index in [1.807, 2.05) is 12.1 Å². The van der Waals surface area contributed by atoms with Crippen molar-refractivity contribution in [1.82, 2.24) is 9.88 Å². The van der Waals surface area contributed by atoms with Gasteiger partial charge in [-0.3, -0.25) is 0 Å². The first-order chi connectivity index (χ1) is 8.92. The van der Waals surface area contributed by atoms with Gasteiger partial charge in [0.2, 0.25) is 0 Å². The molecule has 2 heterocycles. The van der Waals surface area contributed by atoms with Crippen molar-refractivity contribution in [3.8, 4) is 5.88 Å². The second kappa shape index (κ2) is 5.17. The lowest BCUT2D eigenvalue weighted by Crippen LogP contribution is -2.26. The fraction of sp³-hybridized carbons (Fsp3) is 0.333. The number of H-pyrrole nitrogens is 1. The Hall–Kier alpha value is -1.90. The SMILES string of the molecule is C1=CN(CCOc2cc3ccccc3[nH]2)CCC1. The average Bonchev–Trinajstić information content (AvgIpc) is 2.82. The number of nitrogens with zero attached hydrogens (tertiary/aromatic N) is 1. The standard InChI is InChI=1S/C15H18N2O/c1-4-8-17(9-5-1)10-11-18-15-12-13-6-2-3-7-14(13)16-15/h2-4,6-8,12,16H,1,5,9-11H2. The van der Waals surface area contributed by atoms with Gasteiger partial charge >= 0.3 is 0 Å². The summed E-state index contributed by atoms with van der Waals surface area (Å²) in [6.45, 7) is 2.82. The average molecular weight is 242 g/mol. The number of aromatic nitrogens is 1. The van der Waals surface area contributed by atoms with E-state index in [2.05, 4.69) is 40.4 Å². The minimum absolute atomic E-state index is 0.719. The minimum Gasteiger partial charge on any atom is -0.477 e. The van der Waals surface area contributed by atoms with Crippen LogP contribution in [0.5, 0.6) is 5.88 Å². The normalized spacial score (nSPS) is 15.2. The van der Waals surface area contributed by atoms with E-state index < -0.39 is 0 Å². The second-order valence-corrected chi connectivity index (χ2v) is 4.63. The number of hydrogen-bond donors (Lipinski definition) is 1. The Bertz CT molecular complexity index is 511. The lowest BCUT2D eigenvalue weighted by atomic mass is 10.2. The van der Waals surface area contributed by atoms with E-state index in [9.17, 15) is 0 Å². The molecule has 1 N–H and O–H groups in total. The van der Waals surface area contributed by atoms with Crippen LogP contribution in [0, 0.1) is 0 Å². The molecule has 3 heteroatoms. The third-order valence-electron chi connectivity index (χ3n) is 3.27. The van der Waals surface area contributed by atoms with Gasteiger partial charge in [0.05, 0.1) is 6.54 Å². The number of benzene rings is 1. The summed E-state index contributed by atoms with van der Waals surface area (Å²) in [5, 5.41) is 1.20. The van der Waals surface area contributed by atoms with Crippen molar-refractivity contribution in [2.45, 2.75) is 12.8 Å². The summed E-state index contributed by atoms with van der Waals surface area (Å²) in [7, 11) is 0. The molecule has 0 aliphatic carbocycles. The van der Waals surface area contributed by atoms with Crippen LogP contribution >= 0.6 is 0 Å². The van der Waals surface area contributed by atoms with Crippen molar-refractivity contribution in [1.29, 1.82) is 0 Å². The molecule has 1 aliphatic rings. The van der Waals surface area contributed by atoms with Crippen LogP contribution in [0.2, 0.25) is 0 Å². The van der Waals surface area contributed by atoms with Crippen LogP contribution in [0.15, 0.2) is 42.6 Å². The van der Waals surface area contributed by atoms with E-state index in [1.54, 1.807) is 0 Å². The van der Waals surface area contributed by atoms with Crippen LogP contribution < -0.4 is 4.74 Å². The molecule has 0 spiro atoms. The highest BCUT2D eigenvalue weighted by Gasteiger charge is 2.04. The molecule has 1 aromatic heterocycles. The fourth-order valence-corrected chi connectivity index (χ4v) is 2.29. The van der Waals surface area contributed by atoms with Crippen LogP contribution in [0.4, 0.5) is 0 Å². The van der Waals surface area contributed by atoms with Crippen molar-refractivity contribution in [3.63, 3.8) is 0 Å². The Morgan fingerprint density at radius 3 is 3.06 bits per heavy atom. The molecule has 0 saturated heterocycles. The summed E-state index contributed by atoms with van der Waals surface area (Å²) in [5.74, 6) is 0.859. The highest BCUT2D eigenvalue weighted by atomic mass is 16.5. The Morgan fingerprint density at radius 1 is 1.28 bits per heavy atom. The van der Waals surface area contributed by atoms with Gasteiger partial charge in [0.15, 0.2) is 5.88 Å². The van der Waals surface area contributed by atoms with Gasteiger partial charge in [0, 0.05) is 23.5 Å². The molecule has 0 radical (unpaired) electrons. The molecule has 0 saturated carbocycles. The molecule has 18 heavy (non-hydrogen) atoms. The van der Waals surface area contributed by atoms with Crippen molar-refractivity contribution >= 4 is 10.9 Å². The first-order valence-corrected chi connectivity index (χ1v) is 6.53. The summed E-state index contributed by atoms with van der Waals surface area (Å²) in [5.41, 5.74) is 1.13. The van der Waals surface area contributed by atoms with E-state index in [-0.39, 0.29) is 0 Å². The van der Waals surface area contributed by atoms with Crippen molar-refractivity contribution in [2.24, 2.45) is 0 Å². The van der Waals surface area contributed by atoms with Crippen LogP contribution in [-0.4, -0.2) is 29.6 Å². The first kappa shape index (κ1) is 11.2. The first-order valence-electron chi connectivity index (χ1n) is 6.53. The monoisotopic (exact) mass is 242 g/mol. The summed E-state index contributed by atoms with van der Waals surface area (Å²) >= 11 is 0. The maximum Gasteiger partial charge on any atom is 0.191 e. The van der Waals surface area contributed by atoms with Gasteiger partial charge in [-0.25, -0.2) is 0 Å². The minimum atomic E-state index is 0.719. The smallest absolute Gasteiger partial charge is 0.191 e. The third-order valence-corrected chi connectivity index (χ3v) is 3.27. The zero-order valence-corrected chi connectivity index (χ0v) is 10.4. The van der Waals surface area contributed by atoms with Crippen LogP contribution in [0.25, 0.3) is 10.9 Å². The summed E-state index contributed by atoms with van der Waals surface area (Å²) in [4.78, 5) is 5.59. The predicted octanol–water partition coefficient (Wildman–Crippen LogP) is 3.16. The predicted molar refractivity (Wildman–Crippen MR) is 73.7 cm³/mol. The molecule has 1 aliphatic heterocycles. The van der Waals surface area contributed by atoms with E-state index in [0.717, 1.165) is 31.1 Å². The molecule has 3 nitrogen and oxygen atoms in total. The summed E-state index contributed by atoms with van der Waals surface area (Å²) < 4.78 is 5.76. The van der Waals surface area contributed by atoms with Crippen LogP contribution in [-0.2, 0) is 0 Å². The van der Waals surface area contributed by atoms with E-state index in [4.69, 9.17) is 4.74 Å². The highest BCUT2D eigenvalue weighted by Crippen LogP contribution is 2.19. The zero-order chi connectivity index (χ0) is 12.2.